The second kappa shape index (κ2) is 6.03. The van der Waals surface area contributed by atoms with E-state index in [2.05, 4.69) is 34.3 Å². The molecule has 20 heavy (non-hydrogen) atoms. The highest BCUT2D eigenvalue weighted by Crippen LogP contribution is 2.57. The Kier molecular flexibility index (Phi) is 4.76. The first-order chi connectivity index (χ1) is 9.36. The normalized spacial score (nSPS) is 36.5. The third-order valence-corrected chi connectivity index (χ3v) is 6.50. The van der Waals surface area contributed by atoms with Gasteiger partial charge in [-0.15, -0.1) is 6.58 Å². The molecule has 0 bridgehead atoms. The fraction of sp³-hybridized carbons (Fsp3) is 0.842. The maximum Gasteiger partial charge on any atom is 0.136 e. The number of allylic oxidation sites excluding steroid dienone is 1. The molecule has 0 spiro atoms. The molecular formula is C19H32O. The van der Waals surface area contributed by atoms with Crippen molar-refractivity contribution in [1.82, 2.24) is 0 Å². The van der Waals surface area contributed by atoms with Crippen LogP contribution in [0, 0.1) is 29.1 Å². The second-order valence-electron chi connectivity index (χ2n) is 7.89. The molecule has 1 nitrogen and oxygen atoms in total. The average Bonchev–Trinajstić information content (AvgIpc) is 2.73. The zero-order valence-corrected chi connectivity index (χ0v) is 13.9. The molecule has 5 atom stereocenters. The Bertz CT molecular complexity index is 383. The maximum atomic E-state index is 12.2. The summed E-state index contributed by atoms with van der Waals surface area (Å²) in [7, 11) is 0. The topological polar surface area (TPSA) is 17.1 Å². The number of carbonyl (C=O) groups is 1. The van der Waals surface area contributed by atoms with Crippen molar-refractivity contribution >= 4 is 5.78 Å². The molecule has 114 valence electrons. The predicted molar refractivity (Wildman–Crippen MR) is 85.6 cm³/mol. The van der Waals surface area contributed by atoms with E-state index in [4.69, 9.17) is 0 Å². The average molecular weight is 276 g/mol. The predicted octanol–water partition coefficient (Wildman–Crippen LogP) is 5.40. The van der Waals surface area contributed by atoms with Crippen molar-refractivity contribution in [3.05, 3.63) is 12.2 Å². The van der Waals surface area contributed by atoms with Crippen LogP contribution in [0.1, 0.15) is 72.6 Å². The SMILES string of the molecule is C=C(C)CC[C@H](C)[C@@H](C)C1CCC2C(=O)CCC[C@@]21C. The van der Waals surface area contributed by atoms with Gasteiger partial charge in [0.15, 0.2) is 0 Å². The van der Waals surface area contributed by atoms with Crippen LogP contribution in [0.3, 0.4) is 0 Å². The Morgan fingerprint density at radius 1 is 1.40 bits per heavy atom. The van der Waals surface area contributed by atoms with Gasteiger partial charge in [-0.3, -0.25) is 4.79 Å². The summed E-state index contributed by atoms with van der Waals surface area (Å²) < 4.78 is 0. The van der Waals surface area contributed by atoms with E-state index >= 15 is 0 Å². The van der Waals surface area contributed by atoms with E-state index in [0.29, 0.717) is 17.1 Å². The fourth-order valence-electron chi connectivity index (χ4n) is 4.97. The van der Waals surface area contributed by atoms with Crippen LogP contribution in [0.2, 0.25) is 0 Å². The van der Waals surface area contributed by atoms with Crippen LogP contribution >= 0.6 is 0 Å². The summed E-state index contributed by atoms with van der Waals surface area (Å²) in [6, 6.07) is 0. The Balaban J connectivity index is 2.04. The summed E-state index contributed by atoms with van der Waals surface area (Å²) in [6.45, 7) is 13.4. The highest BCUT2D eigenvalue weighted by molar-refractivity contribution is 5.83. The molecule has 0 radical (unpaired) electrons. The number of fused-ring (bicyclic) bond motifs is 1. The molecule has 2 fully saturated rings. The van der Waals surface area contributed by atoms with E-state index in [-0.39, 0.29) is 0 Å². The third-order valence-electron chi connectivity index (χ3n) is 6.50. The van der Waals surface area contributed by atoms with Gasteiger partial charge < -0.3 is 0 Å². The molecule has 0 aromatic carbocycles. The van der Waals surface area contributed by atoms with Gasteiger partial charge in [0.1, 0.15) is 5.78 Å². The Hall–Kier alpha value is -0.590. The number of rotatable bonds is 5. The summed E-state index contributed by atoms with van der Waals surface area (Å²) in [5, 5.41) is 0. The lowest BCUT2D eigenvalue weighted by atomic mass is 9.60. The zero-order valence-electron chi connectivity index (χ0n) is 13.9. The monoisotopic (exact) mass is 276 g/mol. The highest BCUT2D eigenvalue weighted by atomic mass is 16.1. The van der Waals surface area contributed by atoms with Crippen molar-refractivity contribution in [1.29, 1.82) is 0 Å². The minimum absolute atomic E-state index is 0.298. The van der Waals surface area contributed by atoms with Gasteiger partial charge in [0.2, 0.25) is 0 Å². The molecule has 0 saturated heterocycles. The number of Topliss-reactive ketones (excluding diaryl/α,β-unsaturated/α-hetero) is 1. The van der Waals surface area contributed by atoms with Gasteiger partial charge in [-0.25, -0.2) is 0 Å². The van der Waals surface area contributed by atoms with Crippen molar-refractivity contribution < 1.29 is 4.79 Å². The fourth-order valence-corrected chi connectivity index (χ4v) is 4.97. The summed E-state index contributed by atoms with van der Waals surface area (Å²) >= 11 is 0. The lowest BCUT2D eigenvalue weighted by molar-refractivity contribution is -0.130. The van der Waals surface area contributed by atoms with Crippen LogP contribution in [-0.4, -0.2) is 5.78 Å². The molecule has 2 rings (SSSR count). The minimum atomic E-state index is 0.298. The van der Waals surface area contributed by atoms with Gasteiger partial charge in [-0.05, 0) is 68.6 Å². The standard InChI is InChI=1S/C19H32O/c1-13(2)8-9-14(3)15(4)16-10-11-17-18(20)7-6-12-19(16,17)5/h14-17H,1,6-12H2,2-5H3/t14-,15+,16?,17?,19+/m0/s1. The first-order valence-electron chi connectivity index (χ1n) is 8.53. The first-order valence-corrected chi connectivity index (χ1v) is 8.53. The molecule has 2 unspecified atom stereocenters. The molecule has 0 aliphatic heterocycles. The quantitative estimate of drug-likeness (QED) is 0.614. The van der Waals surface area contributed by atoms with Gasteiger partial charge in [0.05, 0.1) is 0 Å². The van der Waals surface area contributed by atoms with Crippen molar-refractivity contribution in [3.63, 3.8) is 0 Å². The third kappa shape index (κ3) is 2.87. The molecule has 0 aromatic rings. The maximum absolute atomic E-state index is 12.2. The number of hydrogen-bond donors (Lipinski definition) is 0. The molecule has 1 heteroatoms. The zero-order chi connectivity index (χ0) is 14.9. The van der Waals surface area contributed by atoms with Gasteiger partial charge in [0.25, 0.3) is 0 Å². The Morgan fingerprint density at radius 2 is 2.10 bits per heavy atom. The van der Waals surface area contributed by atoms with Gasteiger partial charge in [-0.2, -0.15) is 0 Å². The van der Waals surface area contributed by atoms with Gasteiger partial charge in [0, 0.05) is 12.3 Å². The van der Waals surface area contributed by atoms with Crippen LogP contribution in [0.5, 0.6) is 0 Å². The molecule has 2 saturated carbocycles. The van der Waals surface area contributed by atoms with E-state index in [0.717, 1.165) is 43.4 Å². The van der Waals surface area contributed by atoms with Crippen LogP contribution in [0.25, 0.3) is 0 Å². The van der Waals surface area contributed by atoms with E-state index in [1.165, 1.54) is 24.8 Å². The van der Waals surface area contributed by atoms with Crippen LogP contribution in [-0.2, 0) is 4.79 Å². The van der Waals surface area contributed by atoms with Crippen LogP contribution in [0.15, 0.2) is 12.2 Å². The van der Waals surface area contributed by atoms with E-state index in [1.807, 2.05) is 0 Å². The molecule has 2 aliphatic rings. The summed E-state index contributed by atoms with van der Waals surface area (Å²) in [4.78, 5) is 12.2. The van der Waals surface area contributed by atoms with E-state index in [9.17, 15) is 4.79 Å². The lowest BCUT2D eigenvalue weighted by Gasteiger charge is -2.43. The van der Waals surface area contributed by atoms with Crippen LogP contribution in [0.4, 0.5) is 0 Å². The number of carbonyl (C=O) groups excluding carboxylic acids is 1. The lowest BCUT2D eigenvalue weighted by Crippen LogP contribution is -2.40. The van der Waals surface area contributed by atoms with E-state index < -0.39 is 0 Å². The smallest absolute Gasteiger partial charge is 0.136 e. The Morgan fingerprint density at radius 3 is 2.75 bits per heavy atom. The first kappa shape index (κ1) is 15.8. The van der Waals surface area contributed by atoms with Crippen molar-refractivity contribution in [2.24, 2.45) is 29.1 Å². The molecule has 0 heterocycles. The summed E-state index contributed by atoms with van der Waals surface area (Å²) in [5.74, 6) is 3.15. The molecule has 0 N–H and O–H groups in total. The number of ketones is 1. The largest absolute Gasteiger partial charge is 0.299 e. The van der Waals surface area contributed by atoms with Crippen molar-refractivity contribution in [3.8, 4) is 0 Å². The van der Waals surface area contributed by atoms with Crippen LogP contribution < -0.4 is 0 Å². The van der Waals surface area contributed by atoms with Crippen molar-refractivity contribution in [2.45, 2.75) is 72.6 Å². The summed E-state index contributed by atoms with van der Waals surface area (Å²) in [6.07, 6.45) is 8.05. The molecule has 0 aromatic heterocycles. The number of hydrogen-bond acceptors (Lipinski definition) is 1. The highest BCUT2D eigenvalue weighted by Gasteiger charge is 2.52. The summed E-state index contributed by atoms with van der Waals surface area (Å²) in [5.41, 5.74) is 1.60. The second-order valence-corrected chi connectivity index (χ2v) is 7.89. The van der Waals surface area contributed by atoms with Gasteiger partial charge >= 0.3 is 0 Å². The molecule has 2 aliphatic carbocycles. The molecule has 0 amide bonds. The van der Waals surface area contributed by atoms with Crippen molar-refractivity contribution in [2.75, 3.05) is 0 Å². The minimum Gasteiger partial charge on any atom is -0.299 e. The van der Waals surface area contributed by atoms with E-state index in [1.54, 1.807) is 0 Å². The molecular weight excluding hydrogens is 244 g/mol. The Labute approximate surface area is 125 Å². The van der Waals surface area contributed by atoms with Gasteiger partial charge in [-0.1, -0.05) is 26.3 Å².